The SMILES string of the molecule is CC(C)CCCCCCC(CCCC(C)C)OC(=O)C1CCC(C(=O)O)CC1. The van der Waals surface area contributed by atoms with E-state index in [-0.39, 0.29) is 23.9 Å². The largest absolute Gasteiger partial charge is 0.481 e. The molecule has 1 atom stereocenters. The molecule has 0 saturated heterocycles. The number of hydrogen-bond acceptors (Lipinski definition) is 3. The Kier molecular flexibility index (Phi) is 12.5. The molecule has 0 amide bonds. The molecule has 0 radical (unpaired) electrons. The van der Waals surface area contributed by atoms with Crippen molar-refractivity contribution in [2.75, 3.05) is 0 Å². The molecule has 164 valence electrons. The highest BCUT2D eigenvalue weighted by Crippen LogP contribution is 2.30. The van der Waals surface area contributed by atoms with Gasteiger partial charge in [-0.1, -0.05) is 59.8 Å². The maximum Gasteiger partial charge on any atom is 0.309 e. The summed E-state index contributed by atoms with van der Waals surface area (Å²) in [5, 5.41) is 9.12. The molecule has 1 unspecified atom stereocenters. The highest BCUT2D eigenvalue weighted by Gasteiger charge is 2.31. The number of aliphatic carboxylic acids is 1. The molecule has 0 aromatic carbocycles. The highest BCUT2D eigenvalue weighted by molar-refractivity contribution is 5.74. The molecule has 1 aliphatic carbocycles. The minimum absolute atomic E-state index is 0.0357. The Morgan fingerprint density at radius 2 is 1.21 bits per heavy atom. The Hall–Kier alpha value is -1.06. The molecular formula is C24H44O4. The Morgan fingerprint density at radius 3 is 1.75 bits per heavy atom. The van der Waals surface area contributed by atoms with Crippen LogP contribution in [0.25, 0.3) is 0 Å². The van der Waals surface area contributed by atoms with Crippen LogP contribution in [0.3, 0.4) is 0 Å². The van der Waals surface area contributed by atoms with E-state index in [1.807, 2.05) is 0 Å². The number of carbonyl (C=O) groups is 2. The standard InChI is InChI=1S/C24H44O4/c1-18(2)10-7-5-6-8-12-22(13-9-11-19(3)4)28-24(27)21-16-14-20(15-17-21)23(25)26/h18-22H,5-17H2,1-4H3,(H,25,26). The molecule has 0 spiro atoms. The van der Waals surface area contributed by atoms with Crippen LogP contribution < -0.4 is 0 Å². The Bertz CT molecular complexity index is 436. The number of hydrogen-bond donors (Lipinski definition) is 1. The average molecular weight is 397 g/mol. The molecule has 0 bridgehead atoms. The molecule has 28 heavy (non-hydrogen) atoms. The molecule has 4 heteroatoms. The second-order valence-corrected chi connectivity index (χ2v) is 9.66. The Morgan fingerprint density at radius 1 is 0.750 bits per heavy atom. The third kappa shape index (κ3) is 11.1. The van der Waals surface area contributed by atoms with Crippen molar-refractivity contribution in [1.29, 1.82) is 0 Å². The number of rotatable bonds is 14. The summed E-state index contributed by atoms with van der Waals surface area (Å²) < 4.78 is 5.93. The molecule has 0 aromatic rings. The van der Waals surface area contributed by atoms with Crippen molar-refractivity contribution in [1.82, 2.24) is 0 Å². The lowest BCUT2D eigenvalue weighted by molar-refractivity contribution is -0.158. The van der Waals surface area contributed by atoms with Crippen LogP contribution in [0.15, 0.2) is 0 Å². The topological polar surface area (TPSA) is 63.6 Å². The van der Waals surface area contributed by atoms with Gasteiger partial charge in [0.05, 0.1) is 11.8 Å². The van der Waals surface area contributed by atoms with Gasteiger partial charge in [-0.25, -0.2) is 0 Å². The summed E-state index contributed by atoms with van der Waals surface area (Å²) >= 11 is 0. The van der Waals surface area contributed by atoms with Crippen molar-refractivity contribution in [3.63, 3.8) is 0 Å². The van der Waals surface area contributed by atoms with Gasteiger partial charge in [0.15, 0.2) is 0 Å². The first-order chi connectivity index (χ1) is 13.3. The minimum Gasteiger partial charge on any atom is -0.481 e. The molecule has 0 aliphatic heterocycles. The zero-order chi connectivity index (χ0) is 20.9. The molecule has 1 fully saturated rings. The molecule has 1 N–H and O–H groups in total. The van der Waals surface area contributed by atoms with Crippen LogP contribution in [0.1, 0.15) is 111 Å². The van der Waals surface area contributed by atoms with Crippen molar-refractivity contribution in [3.05, 3.63) is 0 Å². The fraction of sp³-hybridized carbons (Fsp3) is 0.917. The summed E-state index contributed by atoms with van der Waals surface area (Å²) in [6, 6.07) is 0. The quantitative estimate of drug-likeness (QED) is 0.265. The fourth-order valence-electron chi connectivity index (χ4n) is 4.13. The van der Waals surface area contributed by atoms with E-state index >= 15 is 0 Å². The third-order valence-electron chi connectivity index (χ3n) is 6.06. The van der Waals surface area contributed by atoms with Gasteiger partial charge in [0.1, 0.15) is 6.10 Å². The summed E-state index contributed by atoms with van der Waals surface area (Å²) in [7, 11) is 0. The van der Waals surface area contributed by atoms with E-state index < -0.39 is 5.97 Å². The monoisotopic (exact) mass is 396 g/mol. The van der Waals surface area contributed by atoms with Crippen LogP contribution >= 0.6 is 0 Å². The van der Waals surface area contributed by atoms with Crippen LogP contribution in [0.4, 0.5) is 0 Å². The first kappa shape index (κ1) is 25.0. The average Bonchev–Trinajstić information content (AvgIpc) is 2.63. The van der Waals surface area contributed by atoms with Crippen LogP contribution in [-0.4, -0.2) is 23.1 Å². The van der Waals surface area contributed by atoms with E-state index in [0.29, 0.717) is 31.6 Å². The van der Waals surface area contributed by atoms with Gasteiger partial charge in [-0.05, 0) is 63.2 Å². The molecule has 1 aliphatic rings. The number of carbonyl (C=O) groups excluding carboxylic acids is 1. The fourth-order valence-corrected chi connectivity index (χ4v) is 4.13. The van der Waals surface area contributed by atoms with E-state index in [4.69, 9.17) is 9.84 Å². The number of carboxylic acid groups (broad SMARTS) is 1. The second kappa shape index (κ2) is 14.0. The summed E-state index contributed by atoms with van der Waals surface area (Å²) in [6.45, 7) is 9.01. The maximum absolute atomic E-state index is 12.6. The second-order valence-electron chi connectivity index (χ2n) is 9.66. The Labute approximate surface area is 172 Å². The molecule has 0 heterocycles. The first-order valence-electron chi connectivity index (χ1n) is 11.7. The van der Waals surface area contributed by atoms with Gasteiger partial charge < -0.3 is 9.84 Å². The van der Waals surface area contributed by atoms with Crippen molar-refractivity contribution in [3.8, 4) is 0 Å². The van der Waals surface area contributed by atoms with Crippen molar-refractivity contribution in [2.45, 2.75) is 117 Å². The summed E-state index contributed by atoms with van der Waals surface area (Å²) in [4.78, 5) is 23.7. The van der Waals surface area contributed by atoms with Gasteiger partial charge in [0, 0.05) is 0 Å². The van der Waals surface area contributed by atoms with E-state index in [1.165, 1.54) is 32.1 Å². The van der Waals surface area contributed by atoms with E-state index in [2.05, 4.69) is 27.7 Å². The predicted molar refractivity (Wildman–Crippen MR) is 114 cm³/mol. The zero-order valence-corrected chi connectivity index (χ0v) is 18.8. The van der Waals surface area contributed by atoms with Crippen molar-refractivity contribution in [2.24, 2.45) is 23.7 Å². The summed E-state index contributed by atoms with van der Waals surface area (Å²) in [5.74, 6) is 0.264. The smallest absolute Gasteiger partial charge is 0.309 e. The number of ether oxygens (including phenoxy) is 1. The molecule has 1 saturated carbocycles. The van der Waals surface area contributed by atoms with E-state index in [9.17, 15) is 9.59 Å². The predicted octanol–water partition coefficient (Wildman–Crippen LogP) is 6.61. The third-order valence-corrected chi connectivity index (χ3v) is 6.06. The summed E-state index contributed by atoms with van der Waals surface area (Å²) in [5.41, 5.74) is 0. The first-order valence-corrected chi connectivity index (χ1v) is 11.7. The van der Waals surface area contributed by atoms with Gasteiger partial charge in [-0.3, -0.25) is 9.59 Å². The lowest BCUT2D eigenvalue weighted by atomic mass is 9.82. The lowest BCUT2D eigenvalue weighted by Crippen LogP contribution is -2.29. The van der Waals surface area contributed by atoms with Crippen molar-refractivity contribution < 1.29 is 19.4 Å². The van der Waals surface area contributed by atoms with Gasteiger partial charge in [-0.15, -0.1) is 0 Å². The van der Waals surface area contributed by atoms with E-state index in [0.717, 1.165) is 31.6 Å². The molecule has 1 rings (SSSR count). The Balaban J connectivity index is 2.38. The molecular weight excluding hydrogens is 352 g/mol. The molecule has 4 nitrogen and oxygen atoms in total. The number of unbranched alkanes of at least 4 members (excludes halogenated alkanes) is 3. The molecule has 0 aromatic heterocycles. The van der Waals surface area contributed by atoms with Crippen LogP contribution in [-0.2, 0) is 14.3 Å². The van der Waals surface area contributed by atoms with E-state index in [1.54, 1.807) is 0 Å². The number of esters is 1. The van der Waals surface area contributed by atoms with Crippen LogP contribution in [0, 0.1) is 23.7 Å². The normalized spacial score (nSPS) is 21.1. The maximum atomic E-state index is 12.6. The van der Waals surface area contributed by atoms with Gasteiger partial charge in [-0.2, -0.15) is 0 Å². The van der Waals surface area contributed by atoms with Gasteiger partial charge in [0.25, 0.3) is 0 Å². The van der Waals surface area contributed by atoms with Crippen LogP contribution in [0.5, 0.6) is 0 Å². The highest BCUT2D eigenvalue weighted by atomic mass is 16.5. The minimum atomic E-state index is -0.726. The van der Waals surface area contributed by atoms with Crippen LogP contribution in [0.2, 0.25) is 0 Å². The van der Waals surface area contributed by atoms with Crippen molar-refractivity contribution >= 4 is 11.9 Å². The van der Waals surface area contributed by atoms with Gasteiger partial charge in [0.2, 0.25) is 0 Å². The zero-order valence-electron chi connectivity index (χ0n) is 18.8. The number of carboxylic acids is 1. The summed E-state index contributed by atoms with van der Waals surface area (Å²) in [6.07, 6.45) is 13.0. The van der Waals surface area contributed by atoms with Gasteiger partial charge >= 0.3 is 11.9 Å². The lowest BCUT2D eigenvalue weighted by Gasteiger charge is -2.27.